The van der Waals surface area contributed by atoms with Gasteiger partial charge < -0.3 is 15.2 Å². The van der Waals surface area contributed by atoms with Gasteiger partial charge in [0.2, 0.25) is 0 Å². The minimum atomic E-state index is -0.483. The molecule has 0 fully saturated rings. The number of hydrogen-bond donors (Lipinski definition) is 2. The van der Waals surface area contributed by atoms with Crippen molar-refractivity contribution < 1.29 is 9.84 Å². The number of aliphatic hydroxyl groups excluding tert-OH is 1. The van der Waals surface area contributed by atoms with Gasteiger partial charge in [0.15, 0.2) is 0 Å². The van der Waals surface area contributed by atoms with Crippen LogP contribution in [0.2, 0.25) is 0 Å². The molecule has 1 atom stereocenters. The molecule has 0 amide bonds. The summed E-state index contributed by atoms with van der Waals surface area (Å²) in [6.45, 7) is 7.78. The van der Waals surface area contributed by atoms with Crippen LogP contribution < -0.4 is 5.32 Å². The SMILES string of the molecule is Cc1ccc(NCC(O)COCC(C)C)cc1Br. The van der Waals surface area contributed by atoms with E-state index >= 15 is 0 Å². The summed E-state index contributed by atoms with van der Waals surface area (Å²) in [5, 5.41) is 12.9. The Balaban J connectivity index is 2.29. The first-order chi connectivity index (χ1) is 8.49. The number of hydrogen-bond acceptors (Lipinski definition) is 3. The molecule has 1 rings (SSSR count). The minimum absolute atomic E-state index is 0.373. The lowest BCUT2D eigenvalue weighted by atomic mass is 10.2. The fourth-order valence-corrected chi connectivity index (χ4v) is 1.82. The van der Waals surface area contributed by atoms with Gasteiger partial charge in [-0.25, -0.2) is 0 Å². The summed E-state index contributed by atoms with van der Waals surface area (Å²) < 4.78 is 6.46. The molecule has 0 aliphatic heterocycles. The first kappa shape index (κ1) is 15.5. The molecular weight excluding hydrogens is 294 g/mol. The predicted octanol–water partition coefficient (Wildman–Crippen LogP) is 3.20. The first-order valence-electron chi connectivity index (χ1n) is 6.25. The number of aryl methyl sites for hydroxylation is 1. The molecule has 1 unspecified atom stereocenters. The topological polar surface area (TPSA) is 41.5 Å². The molecule has 4 heteroatoms. The van der Waals surface area contributed by atoms with E-state index < -0.39 is 6.10 Å². The van der Waals surface area contributed by atoms with Crippen molar-refractivity contribution in [2.75, 3.05) is 25.1 Å². The summed E-state index contributed by atoms with van der Waals surface area (Å²) in [5.41, 5.74) is 2.19. The quantitative estimate of drug-likeness (QED) is 0.812. The summed E-state index contributed by atoms with van der Waals surface area (Å²) in [6.07, 6.45) is -0.483. The van der Waals surface area contributed by atoms with Crippen molar-refractivity contribution >= 4 is 21.6 Å². The Morgan fingerprint density at radius 3 is 2.67 bits per heavy atom. The second-order valence-corrected chi connectivity index (χ2v) is 5.78. The normalized spacial score (nSPS) is 12.8. The van der Waals surface area contributed by atoms with E-state index in [4.69, 9.17) is 4.74 Å². The van der Waals surface area contributed by atoms with Crippen LogP contribution in [0, 0.1) is 12.8 Å². The summed E-state index contributed by atoms with van der Waals surface area (Å²) in [5.74, 6) is 0.498. The molecule has 18 heavy (non-hydrogen) atoms. The lowest BCUT2D eigenvalue weighted by Crippen LogP contribution is -2.25. The number of nitrogens with one attached hydrogen (secondary N) is 1. The molecule has 1 aromatic carbocycles. The molecule has 102 valence electrons. The molecule has 0 saturated heterocycles. The Kier molecular flexibility index (Phi) is 6.68. The maximum Gasteiger partial charge on any atom is 0.0945 e. The van der Waals surface area contributed by atoms with Gasteiger partial charge in [0.25, 0.3) is 0 Å². The van der Waals surface area contributed by atoms with Crippen molar-refractivity contribution in [1.82, 2.24) is 0 Å². The highest BCUT2D eigenvalue weighted by Gasteiger charge is 2.05. The van der Waals surface area contributed by atoms with Crippen molar-refractivity contribution in [3.8, 4) is 0 Å². The molecule has 0 saturated carbocycles. The Labute approximate surface area is 118 Å². The highest BCUT2D eigenvalue weighted by atomic mass is 79.9. The zero-order chi connectivity index (χ0) is 13.5. The maximum atomic E-state index is 9.75. The Bertz CT molecular complexity index is 369. The van der Waals surface area contributed by atoms with E-state index in [9.17, 15) is 5.11 Å². The van der Waals surface area contributed by atoms with Gasteiger partial charge in [0.05, 0.1) is 12.7 Å². The van der Waals surface area contributed by atoms with Crippen molar-refractivity contribution in [3.63, 3.8) is 0 Å². The standard InChI is InChI=1S/C14H22BrNO2/c1-10(2)8-18-9-13(17)7-16-12-5-4-11(3)14(15)6-12/h4-6,10,13,16-17H,7-9H2,1-3H3. The van der Waals surface area contributed by atoms with E-state index in [1.165, 1.54) is 5.56 Å². The number of anilines is 1. The Hall–Kier alpha value is -0.580. The van der Waals surface area contributed by atoms with Crippen LogP contribution >= 0.6 is 15.9 Å². The van der Waals surface area contributed by atoms with Crippen molar-refractivity contribution in [3.05, 3.63) is 28.2 Å². The van der Waals surface area contributed by atoms with Gasteiger partial charge in [-0.2, -0.15) is 0 Å². The van der Waals surface area contributed by atoms with Crippen LogP contribution in [-0.4, -0.2) is 31.0 Å². The lowest BCUT2D eigenvalue weighted by molar-refractivity contribution is 0.0318. The molecule has 0 bridgehead atoms. The smallest absolute Gasteiger partial charge is 0.0945 e. The molecule has 0 aromatic heterocycles. The van der Waals surface area contributed by atoms with E-state index in [1.54, 1.807) is 0 Å². The molecular formula is C14H22BrNO2. The molecule has 2 N–H and O–H groups in total. The second kappa shape index (κ2) is 7.77. The van der Waals surface area contributed by atoms with Crippen LogP contribution in [0.5, 0.6) is 0 Å². The fourth-order valence-electron chi connectivity index (χ4n) is 1.44. The second-order valence-electron chi connectivity index (χ2n) is 4.93. The van der Waals surface area contributed by atoms with Crippen LogP contribution in [0.1, 0.15) is 19.4 Å². The van der Waals surface area contributed by atoms with Crippen LogP contribution in [-0.2, 0) is 4.74 Å². The highest BCUT2D eigenvalue weighted by Crippen LogP contribution is 2.20. The van der Waals surface area contributed by atoms with Gasteiger partial charge in [-0.05, 0) is 30.5 Å². The molecule has 0 aliphatic carbocycles. The number of halogens is 1. The van der Waals surface area contributed by atoms with Crippen molar-refractivity contribution in [2.24, 2.45) is 5.92 Å². The molecule has 3 nitrogen and oxygen atoms in total. The third-order valence-electron chi connectivity index (χ3n) is 2.48. The van der Waals surface area contributed by atoms with Crippen LogP contribution in [0.4, 0.5) is 5.69 Å². The van der Waals surface area contributed by atoms with Crippen molar-refractivity contribution in [1.29, 1.82) is 0 Å². The van der Waals surface area contributed by atoms with Gasteiger partial charge in [0.1, 0.15) is 0 Å². The molecule has 0 spiro atoms. The number of rotatable bonds is 7. The molecule has 1 aromatic rings. The Morgan fingerprint density at radius 2 is 2.06 bits per heavy atom. The lowest BCUT2D eigenvalue weighted by Gasteiger charge is -2.14. The van der Waals surface area contributed by atoms with Gasteiger partial charge in [0, 0.05) is 23.3 Å². The average Bonchev–Trinajstić information content (AvgIpc) is 2.30. The fraction of sp³-hybridized carbons (Fsp3) is 0.571. The van der Waals surface area contributed by atoms with E-state index in [1.807, 2.05) is 25.1 Å². The van der Waals surface area contributed by atoms with E-state index in [2.05, 4.69) is 35.1 Å². The van der Waals surface area contributed by atoms with Crippen LogP contribution in [0.15, 0.2) is 22.7 Å². The number of benzene rings is 1. The predicted molar refractivity (Wildman–Crippen MR) is 79.0 cm³/mol. The third kappa shape index (κ3) is 5.85. The van der Waals surface area contributed by atoms with E-state index in [-0.39, 0.29) is 0 Å². The van der Waals surface area contributed by atoms with Crippen LogP contribution in [0.3, 0.4) is 0 Å². The van der Waals surface area contributed by atoms with Gasteiger partial charge in [-0.3, -0.25) is 0 Å². The summed E-state index contributed by atoms with van der Waals surface area (Å²) in [6, 6.07) is 6.05. The monoisotopic (exact) mass is 315 g/mol. The first-order valence-corrected chi connectivity index (χ1v) is 7.04. The van der Waals surface area contributed by atoms with Gasteiger partial charge in [-0.15, -0.1) is 0 Å². The summed E-state index contributed by atoms with van der Waals surface area (Å²) in [7, 11) is 0. The van der Waals surface area contributed by atoms with Gasteiger partial charge >= 0.3 is 0 Å². The zero-order valence-electron chi connectivity index (χ0n) is 11.2. The van der Waals surface area contributed by atoms with Gasteiger partial charge in [-0.1, -0.05) is 35.8 Å². The molecule has 0 heterocycles. The largest absolute Gasteiger partial charge is 0.389 e. The molecule has 0 radical (unpaired) electrons. The summed E-state index contributed by atoms with van der Waals surface area (Å²) in [4.78, 5) is 0. The average molecular weight is 316 g/mol. The van der Waals surface area contributed by atoms with Crippen molar-refractivity contribution in [2.45, 2.75) is 26.9 Å². The number of aliphatic hydroxyl groups is 1. The van der Waals surface area contributed by atoms with E-state index in [0.717, 1.165) is 10.2 Å². The van der Waals surface area contributed by atoms with Crippen LogP contribution in [0.25, 0.3) is 0 Å². The highest BCUT2D eigenvalue weighted by molar-refractivity contribution is 9.10. The zero-order valence-corrected chi connectivity index (χ0v) is 12.8. The molecule has 0 aliphatic rings. The maximum absolute atomic E-state index is 9.75. The summed E-state index contributed by atoms with van der Waals surface area (Å²) >= 11 is 3.48. The van der Waals surface area contributed by atoms with E-state index in [0.29, 0.717) is 25.7 Å². The Morgan fingerprint density at radius 1 is 1.33 bits per heavy atom. The minimum Gasteiger partial charge on any atom is -0.389 e. The number of ether oxygens (including phenoxy) is 1. The third-order valence-corrected chi connectivity index (χ3v) is 3.33.